The molecule has 1 atom stereocenters. The van der Waals surface area contributed by atoms with Gasteiger partial charge in [-0.1, -0.05) is 11.6 Å². The molecule has 0 spiro atoms. The first-order chi connectivity index (χ1) is 9.74. The van der Waals surface area contributed by atoms with Gasteiger partial charge in [-0.25, -0.2) is 0 Å². The van der Waals surface area contributed by atoms with E-state index in [4.69, 9.17) is 20.8 Å². The molecule has 3 rings (SSSR count). The van der Waals surface area contributed by atoms with Crippen molar-refractivity contribution in [2.75, 3.05) is 13.1 Å². The maximum atomic E-state index is 12.1. The van der Waals surface area contributed by atoms with Gasteiger partial charge in [-0.2, -0.15) is 0 Å². The summed E-state index contributed by atoms with van der Waals surface area (Å²) < 4.78 is 10.9. The molecule has 0 aromatic carbocycles. The van der Waals surface area contributed by atoms with Gasteiger partial charge >= 0.3 is 0 Å². The molecular formula is C14H13ClN2O3. The Bertz CT molecular complexity index is 600. The smallest absolute Gasteiger partial charge is 0.289 e. The van der Waals surface area contributed by atoms with E-state index in [0.29, 0.717) is 29.6 Å². The second-order valence-corrected chi connectivity index (χ2v) is 4.97. The number of aromatic nitrogens is 1. The average molecular weight is 293 g/mol. The molecule has 0 bridgehead atoms. The summed E-state index contributed by atoms with van der Waals surface area (Å²) in [6.07, 6.45) is 5.37. The second-order valence-electron chi connectivity index (χ2n) is 4.56. The van der Waals surface area contributed by atoms with Gasteiger partial charge in [-0.3, -0.25) is 9.78 Å². The topological polar surface area (TPSA) is 55.6 Å². The molecule has 1 fully saturated rings. The fourth-order valence-electron chi connectivity index (χ4n) is 2.20. The van der Waals surface area contributed by atoms with Gasteiger partial charge in [-0.05, 0) is 12.1 Å². The van der Waals surface area contributed by atoms with Gasteiger partial charge in [-0.15, -0.1) is 0 Å². The summed E-state index contributed by atoms with van der Waals surface area (Å²) in [4.78, 5) is 17.7. The van der Waals surface area contributed by atoms with Crippen molar-refractivity contribution in [3.63, 3.8) is 0 Å². The molecule has 2 aromatic rings. The minimum Gasteiger partial charge on any atom is -0.487 e. The molecule has 0 N–H and O–H groups in total. The number of hydrogen-bond donors (Lipinski definition) is 0. The third kappa shape index (κ3) is 2.63. The Balaban J connectivity index is 1.63. The summed E-state index contributed by atoms with van der Waals surface area (Å²) in [5, 5.41) is 0.475. The van der Waals surface area contributed by atoms with Crippen molar-refractivity contribution in [2.45, 2.75) is 12.5 Å². The monoisotopic (exact) mass is 292 g/mol. The highest BCUT2D eigenvalue weighted by molar-refractivity contribution is 6.31. The Morgan fingerprint density at radius 2 is 2.40 bits per heavy atom. The second kappa shape index (κ2) is 5.54. The van der Waals surface area contributed by atoms with E-state index in [0.717, 1.165) is 6.42 Å². The number of carbonyl (C=O) groups excluding carboxylic acids is 1. The van der Waals surface area contributed by atoms with E-state index in [-0.39, 0.29) is 12.0 Å². The number of nitrogens with zero attached hydrogens (tertiary/aromatic N) is 2. The Labute approximate surface area is 121 Å². The van der Waals surface area contributed by atoms with Crippen LogP contribution in [0.3, 0.4) is 0 Å². The summed E-state index contributed by atoms with van der Waals surface area (Å²) in [7, 11) is 0. The number of hydrogen-bond acceptors (Lipinski definition) is 4. The van der Waals surface area contributed by atoms with E-state index >= 15 is 0 Å². The zero-order valence-electron chi connectivity index (χ0n) is 10.7. The van der Waals surface area contributed by atoms with Gasteiger partial charge in [0.05, 0.1) is 12.8 Å². The van der Waals surface area contributed by atoms with Crippen molar-refractivity contribution in [1.82, 2.24) is 9.88 Å². The summed E-state index contributed by atoms with van der Waals surface area (Å²) in [6, 6.07) is 5.09. The summed E-state index contributed by atoms with van der Waals surface area (Å²) in [5.41, 5.74) is 0. The van der Waals surface area contributed by atoms with Crippen LogP contribution in [0.1, 0.15) is 17.0 Å². The SMILES string of the molecule is O=C(c1ccco1)N1CC[C@@H](Oc2ccncc2Cl)C1. The zero-order valence-corrected chi connectivity index (χ0v) is 11.4. The number of furan rings is 1. The van der Waals surface area contributed by atoms with Crippen molar-refractivity contribution < 1.29 is 13.9 Å². The quantitative estimate of drug-likeness (QED) is 0.872. The number of pyridine rings is 1. The number of ether oxygens (including phenoxy) is 1. The van der Waals surface area contributed by atoms with Gasteiger partial charge in [0.15, 0.2) is 5.76 Å². The lowest BCUT2D eigenvalue weighted by molar-refractivity contribution is 0.0741. The number of carbonyl (C=O) groups is 1. The predicted octanol–water partition coefficient (Wildman–Crippen LogP) is 2.62. The van der Waals surface area contributed by atoms with Crippen LogP contribution in [0.25, 0.3) is 0 Å². The highest BCUT2D eigenvalue weighted by Gasteiger charge is 2.29. The molecular weight excluding hydrogens is 280 g/mol. The summed E-state index contributed by atoms with van der Waals surface area (Å²) in [5.74, 6) is 0.841. The molecule has 0 aliphatic carbocycles. The normalized spacial score (nSPS) is 18.2. The molecule has 3 heterocycles. The minimum absolute atomic E-state index is 0.0613. The first kappa shape index (κ1) is 13.0. The first-order valence-electron chi connectivity index (χ1n) is 6.33. The zero-order chi connectivity index (χ0) is 13.9. The molecule has 5 nitrogen and oxygen atoms in total. The molecule has 1 amide bonds. The van der Waals surface area contributed by atoms with Crippen LogP contribution in [0, 0.1) is 0 Å². The molecule has 0 radical (unpaired) electrons. The van der Waals surface area contributed by atoms with E-state index in [1.807, 2.05) is 0 Å². The van der Waals surface area contributed by atoms with Crippen molar-refractivity contribution in [3.05, 3.63) is 47.6 Å². The van der Waals surface area contributed by atoms with Crippen LogP contribution < -0.4 is 4.74 Å². The van der Waals surface area contributed by atoms with Gasteiger partial charge in [0.1, 0.15) is 16.9 Å². The van der Waals surface area contributed by atoms with E-state index in [2.05, 4.69) is 4.98 Å². The molecule has 104 valence electrons. The van der Waals surface area contributed by atoms with Crippen LogP contribution in [0.2, 0.25) is 5.02 Å². The van der Waals surface area contributed by atoms with Crippen LogP contribution >= 0.6 is 11.6 Å². The lowest BCUT2D eigenvalue weighted by Crippen LogP contribution is -2.30. The standard InChI is InChI=1S/C14H13ClN2O3/c15-11-8-16-5-3-12(11)20-10-4-6-17(9-10)14(18)13-2-1-7-19-13/h1-3,5,7-8,10H,4,6,9H2/t10-/m1/s1. The van der Waals surface area contributed by atoms with E-state index in [1.54, 1.807) is 29.3 Å². The molecule has 1 saturated heterocycles. The molecule has 2 aromatic heterocycles. The Hall–Kier alpha value is -2.01. The van der Waals surface area contributed by atoms with Gasteiger partial charge < -0.3 is 14.1 Å². The molecule has 0 saturated carbocycles. The van der Waals surface area contributed by atoms with Crippen molar-refractivity contribution >= 4 is 17.5 Å². The fraction of sp³-hybridized carbons (Fsp3) is 0.286. The largest absolute Gasteiger partial charge is 0.487 e. The number of amides is 1. The third-order valence-corrected chi connectivity index (χ3v) is 3.48. The maximum Gasteiger partial charge on any atom is 0.289 e. The van der Waals surface area contributed by atoms with E-state index in [1.165, 1.54) is 12.5 Å². The van der Waals surface area contributed by atoms with Gasteiger partial charge in [0.2, 0.25) is 0 Å². The van der Waals surface area contributed by atoms with Crippen LogP contribution in [0.15, 0.2) is 41.3 Å². The number of halogens is 1. The fourth-order valence-corrected chi connectivity index (χ4v) is 2.37. The molecule has 1 aliphatic rings. The minimum atomic E-state index is -0.109. The van der Waals surface area contributed by atoms with Gasteiger partial charge in [0.25, 0.3) is 5.91 Å². The van der Waals surface area contributed by atoms with Crippen LogP contribution in [-0.4, -0.2) is 35.0 Å². The van der Waals surface area contributed by atoms with E-state index in [9.17, 15) is 4.79 Å². The van der Waals surface area contributed by atoms with Crippen molar-refractivity contribution in [1.29, 1.82) is 0 Å². The van der Waals surface area contributed by atoms with Crippen LogP contribution in [0.5, 0.6) is 5.75 Å². The highest BCUT2D eigenvalue weighted by atomic mass is 35.5. The van der Waals surface area contributed by atoms with Crippen molar-refractivity contribution in [3.8, 4) is 5.75 Å². The summed E-state index contributed by atoms with van der Waals surface area (Å²) >= 11 is 6.00. The van der Waals surface area contributed by atoms with Gasteiger partial charge in [0, 0.05) is 31.4 Å². The maximum absolute atomic E-state index is 12.1. The van der Waals surface area contributed by atoms with Crippen molar-refractivity contribution in [2.24, 2.45) is 0 Å². The highest BCUT2D eigenvalue weighted by Crippen LogP contribution is 2.26. The van der Waals surface area contributed by atoms with E-state index < -0.39 is 0 Å². The Morgan fingerprint density at radius 3 is 3.15 bits per heavy atom. The first-order valence-corrected chi connectivity index (χ1v) is 6.71. The third-order valence-electron chi connectivity index (χ3n) is 3.19. The molecule has 1 aliphatic heterocycles. The number of likely N-dealkylation sites (tertiary alicyclic amines) is 1. The Morgan fingerprint density at radius 1 is 1.50 bits per heavy atom. The van der Waals surface area contributed by atoms with Crippen LogP contribution in [-0.2, 0) is 0 Å². The predicted molar refractivity (Wildman–Crippen MR) is 72.9 cm³/mol. The van der Waals surface area contributed by atoms with Crippen LogP contribution in [0.4, 0.5) is 0 Å². The Kier molecular flexibility index (Phi) is 3.60. The lowest BCUT2D eigenvalue weighted by atomic mass is 10.3. The molecule has 6 heteroatoms. The summed E-state index contributed by atoms with van der Waals surface area (Å²) in [6.45, 7) is 1.17. The lowest BCUT2D eigenvalue weighted by Gasteiger charge is -2.16. The average Bonchev–Trinajstić information content (AvgIpc) is 3.12. The number of rotatable bonds is 3. The molecule has 20 heavy (non-hydrogen) atoms. The molecule has 0 unspecified atom stereocenters.